The molecule has 0 saturated heterocycles. The lowest BCUT2D eigenvalue weighted by atomic mass is 9.86. The molecule has 0 spiro atoms. The Hall–Kier alpha value is -1.55. The molecule has 1 aromatic carbocycles. The molecule has 0 radical (unpaired) electrons. The van der Waals surface area contributed by atoms with Gasteiger partial charge >= 0.3 is 0 Å². The average molecular weight is 337 g/mol. The van der Waals surface area contributed by atoms with E-state index in [0.29, 0.717) is 30.1 Å². The predicted octanol–water partition coefficient (Wildman–Crippen LogP) is 3.55. The fourth-order valence-electron chi connectivity index (χ4n) is 3.01. The van der Waals surface area contributed by atoms with Crippen LogP contribution in [0.2, 0.25) is 5.02 Å². The Bertz CT molecular complexity index is 528. The first-order valence-electron chi connectivity index (χ1n) is 8.45. The molecule has 126 valence electrons. The summed E-state index contributed by atoms with van der Waals surface area (Å²) in [7, 11) is 0. The average Bonchev–Trinajstić information content (AvgIpc) is 2.57. The summed E-state index contributed by atoms with van der Waals surface area (Å²) >= 11 is 5.85. The van der Waals surface area contributed by atoms with Gasteiger partial charge in [0.2, 0.25) is 5.91 Å². The molecule has 1 fully saturated rings. The van der Waals surface area contributed by atoms with Crippen molar-refractivity contribution in [2.75, 3.05) is 13.1 Å². The van der Waals surface area contributed by atoms with E-state index >= 15 is 0 Å². The molecule has 1 saturated carbocycles. The smallest absolute Gasteiger partial charge is 0.251 e. The highest BCUT2D eigenvalue weighted by atomic mass is 35.5. The van der Waals surface area contributed by atoms with Crippen LogP contribution in [0.3, 0.4) is 0 Å². The highest BCUT2D eigenvalue weighted by molar-refractivity contribution is 6.30. The number of hydrogen-bond acceptors (Lipinski definition) is 2. The number of rotatable bonds is 7. The zero-order valence-electron chi connectivity index (χ0n) is 13.4. The summed E-state index contributed by atoms with van der Waals surface area (Å²) in [4.78, 5) is 23.7. The summed E-state index contributed by atoms with van der Waals surface area (Å²) in [6.07, 6.45) is 8.07. The van der Waals surface area contributed by atoms with Crippen molar-refractivity contribution in [3.05, 3.63) is 34.9 Å². The number of hydrogen-bond donors (Lipinski definition) is 2. The molecule has 23 heavy (non-hydrogen) atoms. The summed E-state index contributed by atoms with van der Waals surface area (Å²) in [5.41, 5.74) is 0.529. The van der Waals surface area contributed by atoms with Gasteiger partial charge in [0.25, 0.3) is 5.91 Å². The molecule has 1 aliphatic rings. The third kappa shape index (κ3) is 6.61. The van der Waals surface area contributed by atoms with Gasteiger partial charge in [0.15, 0.2) is 0 Å². The van der Waals surface area contributed by atoms with Crippen LogP contribution >= 0.6 is 11.6 Å². The number of halogens is 1. The van der Waals surface area contributed by atoms with Gasteiger partial charge in [-0.3, -0.25) is 9.59 Å². The number of amides is 2. The minimum atomic E-state index is -0.177. The van der Waals surface area contributed by atoms with Crippen molar-refractivity contribution in [3.8, 4) is 0 Å². The Labute approximate surface area is 143 Å². The second-order valence-electron chi connectivity index (χ2n) is 6.16. The summed E-state index contributed by atoms with van der Waals surface area (Å²) in [5.74, 6) is 0.619. The molecule has 4 nitrogen and oxygen atoms in total. The van der Waals surface area contributed by atoms with Crippen molar-refractivity contribution < 1.29 is 9.59 Å². The lowest BCUT2D eigenvalue weighted by molar-refractivity contribution is -0.121. The van der Waals surface area contributed by atoms with Crippen LogP contribution in [0, 0.1) is 5.92 Å². The number of nitrogens with one attached hydrogen (secondary N) is 2. The third-order valence-corrected chi connectivity index (χ3v) is 4.56. The zero-order chi connectivity index (χ0) is 16.5. The lowest BCUT2D eigenvalue weighted by Crippen LogP contribution is -2.34. The van der Waals surface area contributed by atoms with E-state index in [9.17, 15) is 9.59 Å². The maximum atomic E-state index is 11.9. The molecule has 2 rings (SSSR count). The molecule has 5 heteroatoms. The maximum absolute atomic E-state index is 11.9. The highest BCUT2D eigenvalue weighted by Crippen LogP contribution is 2.27. The van der Waals surface area contributed by atoms with Gasteiger partial charge in [-0.15, -0.1) is 0 Å². The molecular formula is C18H25ClN2O2. The zero-order valence-corrected chi connectivity index (χ0v) is 14.2. The molecule has 2 amide bonds. The highest BCUT2D eigenvalue weighted by Gasteiger charge is 2.14. The maximum Gasteiger partial charge on any atom is 0.251 e. The molecule has 0 aromatic heterocycles. The third-order valence-electron chi connectivity index (χ3n) is 4.32. The fraction of sp³-hybridized carbons (Fsp3) is 0.556. The van der Waals surface area contributed by atoms with Gasteiger partial charge in [0, 0.05) is 30.1 Å². The fourth-order valence-corrected chi connectivity index (χ4v) is 3.20. The van der Waals surface area contributed by atoms with E-state index in [1.54, 1.807) is 24.3 Å². The van der Waals surface area contributed by atoms with Gasteiger partial charge in [-0.25, -0.2) is 0 Å². The Kier molecular flexibility index (Phi) is 7.40. The molecule has 2 N–H and O–H groups in total. The second kappa shape index (κ2) is 9.56. The molecule has 0 atom stereocenters. The topological polar surface area (TPSA) is 58.2 Å². The van der Waals surface area contributed by atoms with Crippen molar-refractivity contribution in [1.82, 2.24) is 10.6 Å². The first-order chi connectivity index (χ1) is 11.1. The van der Waals surface area contributed by atoms with Crippen molar-refractivity contribution in [3.63, 3.8) is 0 Å². The molecule has 0 aliphatic heterocycles. The summed E-state index contributed by atoms with van der Waals surface area (Å²) in [6.45, 7) is 0.871. The summed E-state index contributed by atoms with van der Waals surface area (Å²) in [5, 5.41) is 6.17. The largest absolute Gasteiger partial charge is 0.354 e. The molecule has 1 aromatic rings. The Morgan fingerprint density at radius 1 is 1.09 bits per heavy atom. The first-order valence-corrected chi connectivity index (χ1v) is 8.83. The van der Waals surface area contributed by atoms with E-state index in [2.05, 4.69) is 10.6 Å². The number of carbonyl (C=O) groups excluding carboxylic acids is 2. The monoisotopic (exact) mass is 336 g/mol. The van der Waals surface area contributed by atoms with Gasteiger partial charge in [-0.1, -0.05) is 49.8 Å². The molecule has 0 unspecified atom stereocenters. The normalized spacial score (nSPS) is 15.2. The van der Waals surface area contributed by atoms with E-state index in [1.807, 2.05) is 0 Å². The number of benzene rings is 1. The minimum absolute atomic E-state index is 0.0765. The lowest BCUT2D eigenvalue weighted by Gasteiger charge is -2.20. The standard InChI is InChI=1S/C18H25ClN2O2/c19-16-8-4-7-15(13-16)18(23)21-12-11-20-17(22)10-9-14-5-2-1-3-6-14/h4,7-8,13-14H,1-3,5-6,9-12H2,(H,20,22)(H,21,23). The predicted molar refractivity (Wildman–Crippen MR) is 92.6 cm³/mol. The van der Waals surface area contributed by atoms with Crippen LogP contribution in [0.15, 0.2) is 24.3 Å². The van der Waals surface area contributed by atoms with Gasteiger partial charge in [-0.05, 0) is 30.5 Å². The van der Waals surface area contributed by atoms with Crippen molar-refractivity contribution in [2.45, 2.75) is 44.9 Å². The van der Waals surface area contributed by atoms with Crippen molar-refractivity contribution in [1.29, 1.82) is 0 Å². The van der Waals surface area contributed by atoms with Gasteiger partial charge in [0.05, 0.1) is 0 Å². The van der Waals surface area contributed by atoms with Crippen LogP contribution in [-0.2, 0) is 4.79 Å². The van der Waals surface area contributed by atoms with Crippen molar-refractivity contribution in [2.24, 2.45) is 5.92 Å². The SMILES string of the molecule is O=C(CCC1CCCCC1)NCCNC(=O)c1cccc(Cl)c1. The van der Waals surface area contributed by atoms with E-state index in [1.165, 1.54) is 32.1 Å². The van der Waals surface area contributed by atoms with Gasteiger partial charge in [0.1, 0.15) is 0 Å². The van der Waals surface area contributed by atoms with Gasteiger partial charge in [-0.2, -0.15) is 0 Å². The molecule has 0 heterocycles. The van der Waals surface area contributed by atoms with Crippen LogP contribution in [-0.4, -0.2) is 24.9 Å². The Morgan fingerprint density at radius 3 is 2.57 bits per heavy atom. The van der Waals surface area contributed by atoms with Gasteiger partial charge < -0.3 is 10.6 Å². The van der Waals surface area contributed by atoms with E-state index in [0.717, 1.165) is 12.3 Å². The van der Waals surface area contributed by atoms with E-state index in [4.69, 9.17) is 11.6 Å². The Balaban J connectivity index is 1.57. The van der Waals surface area contributed by atoms with Crippen LogP contribution in [0.4, 0.5) is 0 Å². The summed E-state index contributed by atoms with van der Waals surface area (Å²) < 4.78 is 0. The van der Waals surface area contributed by atoms with Crippen molar-refractivity contribution >= 4 is 23.4 Å². The molecular weight excluding hydrogens is 312 g/mol. The van der Waals surface area contributed by atoms with E-state index in [-0.39, 0.29) is 11.8 Å². The van der Waals surface area contributed by atoms with Crippen LogP contribution in [0.25, 0.3) is 0 Å². The minimum Gasteiger partial charge on any atom is -0.354 e. The second-order valence-corrected chi connectivity index (χ2v) is 6.60. The Morgan fingerprint density at radius 2 is 1.83 bits per heavy atom. The number of carbonyl (C=O) groups is 2. The van der Waals surface area contributed by atoms with E-state index < -0.39 is 0 Å². The van der Waals surface area contributed by atoms with Crippen LogP contribution < -0.4 is 10.6 Å². The summed E-state index contributed by atoms with van der Waals surface area (Å²) in [6, 6.07) is 6.80. The first kappa shape index (κ1) is 17.8. The quantitative estimate of drug-likeness (QED) is 0.748. The van der Waals surface area contributed by atoms with Crippen LogP contribution in [0.5, 0.6) is 0 Å². The molecule has 0 bridgehead atoms. The molecule has 1 aliphatic carbocycles. The van der Waals surface area contributed by atoms with Crippen LogP contribution in [0.1, 0.15) is 55.3 Å².